The van der Waals surface area contributed by atoms with E-state index in [1.807, 2.05) is 6.07 Å². The third kappa shape index (κ3) is 7.04. The van der Waals surface area contributed by atoms with Crippen molar-refractivity contribution < 1.29 is 36.6 Å². The Kier molecular flexibility index (Phi) is 8.20. The summed E-state index contributed by atoms with van der Waals surface area (Å²) in [7, 11) is 0. The number of amides is 2. The van der Waals surface area contributed by atoms with Crippen LogP contribution in [0.15, 0.2) is 72.8 Å². The molecule has 0 heterocycles. The molecule has 0 aliphatic rings. The maximum Gasteiger partial charge on any atom is 0.418 e. The summed E-state index contributed by atoms with van der Waals surface area (Å²) in [5.41, 5.74) is -2.22. The van der Waals surface area contributed by atoms with Gasteiger partial charge in [0.1, 0.15) is 24.8 Å². The first-order chi connectivity index (χ1) is 16.2. The van der Waals surface area contributed by atoms with E-state index in [2.05, 4.69) is 10.6 Å². The number of benzene rings is 3. The highest BCUT2D eigenvalue weighted by Gasteiger charge is 2.34. The number of carbonyl (C=O) groups excluding carboxylic acids is 2. The van der Waals surface area contributed by atoms with Gasteiger partial charge < -0.3 is 20.1 Å². The standard InChI is InChI=1S/C24H20F4N2O4/c25-20-9-5-4-8-18(20)23(32)29-16-10-11-21(19(14-16)24(26,27)28)30-22(31)15-33-12-13-34-17-6-2-1-3-7-17/h1-11,14H,12-13,15H2,(H,29,32)(H,30,31). The number of halogens is 4. The predicted molar refractivity (Wildman–Crippen MR) is 117 cm³/mol. The molecule has 34 heavy (non-hydrogen) atoms. The minimum Gasteiger partial charge on any atom is -0.491 e. The highest BCUT2D eigenvalue weighted by atomic mass is 19.4. The van der Waals surface area contributed by atoms with Crippen LogP contribution in [0.4, 0.5) is 28.9 Å². The smallest absolute Gasteiger partial charge is 0.418 e. The molecule has 3 aromatic rings. The maximum atomic E-state index is 13.7. The van der Waals surface area contributed by atoms with Gasteiger partial charge in [-0.05, 0) is 42.5 Å². The molecule has 6 nitrogen and oxygen atoms in total. The van der Waals surface area contributed by atoms with E-state index >= 15 is 0 Å². The first-order valence-corrected chi connectivity index (χ1v) is 10.1. The quantitative estimate of drug-likeness (QED) is 0.332. The van der Waals surface area contributed by atoms with Gasteiger partial charge in [0.05, 0.1) is 23.4 Å². The van der Waals surface area contributed by atoms with Crippen molar-refractivity contribution >= 4 is 23.2 Å². The van der Waals surface area contributed by atoms with Gasteiger partial charge in [0.2, 0.25) is 5.91 Å². The van der Waals surface area contributed by atoms with Crippen molar-refractivity contribution in [3.8, 4) is 5.75 Å². The molecule has 3 aromatic carbocycles. The number of para-hydroxylation sites is 1. The fraction of sp³-hybridized carbons (Fsp3) is 0.167. The fourth-order valence-corrected chi connectivity index (χ4v) is 2.90. The first kappa shape index (κ1) is 24.7. The van der Waals surface area contributed by atoms with Gasteiger partial charge in [-0.15, -0.1) is 0 Å². The zero-order valence-corrected chi connectivity index (χ0v) is 17.7. The average Bonchev–Trinajstić information content (AvgIpc) is 2.80. The maximum absolute atomic E-state index is 13.7. The fourth-order valence-electron chi connectivity index (χ4n) is 2.90. The van der Waals surface area contributed by atoms with E-state index in [1.54, 1.807) is 24.3 Å². The lowest BCUT2D eigenvalue weighted by Crippen LogP contribution is -2.22. The lowest BCUT2D eigenvalue weighted by atomic mass is 10.1. The van der Waals surface area contributed by atoms with Crippen molar-refractivity contribution in [1.82, 2.24) is 0 Å². The molecule has 0 radical (unpaired) electrons. The molecule has 0 fully saturated rings. The van der Waals surface area contributed by atoms with Gasteiger partial charge in [-0.3, -0.25) is 9.59 Å². The molecule has 3 rings (SSSR count). The Morgan fingerprint density at radius 3 is 2.26 bits per heavy atom. The van der Waals surface area contributed by atoms with Crippen molar-refractivity contribution in [1.29, 1.82) is 0 Å². The molecule has 0 spiro atoms. The molecule has 0 aromatic heterocycles. The molecule has 2 N–H and O–H groups in total. The Hall–Kier alpha value is -3.92. The third-order valence-electron chi connectivity index (χ3n) is 4.45. The predicted octanol–water partition coefficient (Wildman–Crippen LogP) is 5.13. The van der Waals surface area contributed by atoms with Crippen LogP contribution in [-0.4, -0.2) is 31.6 Å². The van der Waals surface area contributed by atoms with Crippen LogP contribution < -0.4 is 15.4 Å². The van der Waals surface area contributed by atoms with Crippen LogP contribution in [0.5, 0.6) is 5.75 Å². The molecule has 0 atom stereocenters. The number of hydrogen-bond donors (Lipinski definition) is 2. The molecule has 178 valence electrons. The van der Waals surface area contributed by atoms with Crippen molar-refractivity contribution in [2.75, 3.05) is 30.5 Å². The van der Waals surface area contributed by atoms with E-state index in [9.17, 15) is 27.2 Å². The zero-order valence-electron chi connectivity index (χ0n) is 17.7. The molecule has 0 saturated heterocycles. The molecule has 0 aliphatic carbocycles. The van der Waals surface area contributed by atoms with Gasteiger partial charge in [-0.2, -0.15) is 13.2 Å². The van der Waals surface area contributed by atoms with Crippen molar-refractivity contribution in [3.63, 3.8) is 0 Å². The van der Waals surface area contributed by atoms with E-state index in [0.717, 1.165) is 18.2 Å². The molecular formula is C24H20F4N2O4. The van der Waals surface area contributed by atoms with Crippen LogP contribution in [0.3, 0.4) is 0 Å². The van der Waals surface area contributed by atoms with Gasteiger partial charge >= 0.3 is 6.18 Å². The topological polar surface area (TPSA) is 76.7 Å². The Morgan fingerprint density at radius 1 is 0.853 bits per heavy atom. The molecule has 10 heteroatoms. The van der Waals surface area contributed by atoms with Crippen molar-refractivity contribution in [2.24, 2.45) is 0 Å². The summed E-state index contributed by atoms with van der Waals surface area (Å²) in [5.74, 6) is -1.90. The lowest BCUT2D eigenvalue weighted by Gasteiger charge is -2.16. The summed E-state index contributed by atoms with van der Waals surface area (Å²) in [6.07, 6.45) is -4.83. The SMILES string of the molecule is O=C(COCCOc1ccccc1)Nc1ccc(NC(=O)c2ccccc2F)cc1C(F)(F)F. The largest absolute Gasteiger partial charge is 0.491 e. The summed E-state index contributed by atoms with van der Waals surface area (Å²) in [6, 6.07) is 16.8. The monoisotopic (exact) mass is 476 g/mol. The number of anilines is 2. The Labute approximate surface area is 192 Å². The van der Waals surface area contributed by atoms with Crippen molar-refractivity contribution in [2.45, 2.75) is 6.18 Å². The van der Waals surface area contributed by atoms with Crippen LogP contribution in [0.1, 0.15) is 15.9 Å². The van der Waals surface area contributed by atoms with Gasteiger partial charge in [-0.1, -0.05) is 30.3 Å². The molecule has 0 aliphatic heterocycles. The summed E-state index contributed by atoms with van der Waals surface area (Å²) < 4.78 is 64.9. The molecule has 0 saturated carbocycles. The number of nitrogens with one attached hydrogen (secondary N) is 2. The Morgan fingerprint density at radius 2 is 1.56 bits per heavy atom. The normalized spacial score (nSPS) is 11.1. The van der Waals surface area contributed by atoms with Gasteiger partial charge in [0.15, 0.2) is 0 Å². The first-order valence-electron chi connectivity index (χ1n) is 10.1. The Balaban J connectivity index is 1.58. The second kappa shape index (κ2) is 11.3. The number of ether oxygens (including phenoxy) is 2. The molecule has 2 amide bonds. The number of hydrogen-bond acceptors (Lipinski definition) is 4. The Bertz CT molecular complexity index is 1140. The molecular weight excluding hydrogens is 456 g/mol. The summed E-state index contributed by atoms with van der Waals surface area (Å²) in [5, 5.41) is 4.37. The van der Waals surface area contributed by atoms with Crippen LogP contribution in [0.25, 0.3) is 0 Å². The van der Waals surface area contributed by atoms with Crippen LogP contribution >= 0.6 is 0 Å². The minimum absolute atomic E-state index is 0.0510. The third-order valence-corrected chi connectivity index (χ3v) is 4.45. The summed E-state index contributed by atoms with van der Waals surface area (Å²) >= 11 is 0. The highest BCUT2D eigenvalue weighted by Crippen LogP contribution is 2.36. The van der Waals surface area contributed by atoms with Crippen LogP contribution in [0.2, 0.25) is 0 Å². The average molecular weight is 476 g/mol. The van der Waals surface area contributed by atoms with Crippen molar-refractivity contribution in [3.05, 3.63) is 89.7 Å². The second-order valence-electron chi connectivity index (χ2n) is 6.95. The van der Waals surface area contributed by atoms with Gasteiger partial charge in [0, 0.05) is 5.69 Å². The van der Waals surface area contributed by atoms with E-state index in [1.165, 1.54) is 18.2 Å². The highest BCUT2D eigenvalue weighted by molar-refractivity contribution is 6.04. The van der Waals surface area contributed by atoms with Crippen LogP contribution in [0, 0.1) is 5.82 Å². The molecule has 0 unspecified atom stereocenters. The van der Waals surface area contributed by atoms with E-state index < -0.39 is 41.7 Å². The van der Waals surface area contributed by atoms with E-state index in [0.29, 0.717) is 11.8 Å². The van der Waals surface area contributed by atoms with Gasteiger partial charge in [0.25, 0.3) is 5.91 Å². The summed E-state index contributed by atoms with van der Waals surface area (Å²) in [4.78, 5) is 24.2. The minimum atomic E-state index is -4.83. The van der Waals surface area contributed by atoms with E-state index in [4.69, 9.17) is 9.47 Å². The second-order valence-corrected chi connectivity index (χ2v) is 6.95. The zero-order chi connectivity index (χ0) is 24.6. The van der Waals surface area contributed by atoms with E-state index in [-0.39, 0.29) is 24.5 Å². The number of carbonyl (C=O) groups is 2. The molecule has 0 bridgehead atoms. The number of rotatable bonds is 9. The lowest BCUT2D eigenvalue weighted by molar-refractivity contribution is -0.137. The number of alkyl halides is 3. The van der Waals surface area contributed by atoms with Crippen LogP contribution in [-0.2, 0) is 15.7 Å². The van der Waals surface area contributed by atoms with Gasteiger partial charge in [-0.25, -0.2) is 4.39 Å². The summed E-state index contributed by atoms with van der Waals surface area (Å²) in [6.45, 7) is -0.280.